The number of hydrogen-bond donors (Lipinski definition) is 2. The summed E-state index contributed by atoms with van der Waals surface area (Å²) in [6, 6.07) is 13.9. The van der Waals surface area contributed by atoms with E-state index in [1.165, 1.54) is 0 Å². The van der Waals surface area contributed by atoms with E-state index in [2.05, 4.69) is 25.3 Å². The Morgan fingerprint density at radius 1 is 1.08 bits per heavy atom. The van der Waals surface area contributed by atoms with Gasteiger partial charge in [-0.3, -0.25) is 4.98 Å². The summed E-state index contributed by atoms with van der Waals surface area (Å²) in [4.78, 5) is 15.8. The minimum atomic E-state index is 0.118. The van der Waals surface area contributed by atoms with Crippen LogP contribution in [-0.4, -0.2) is 19.9 Å². The summed E-state index contributed by atoms with van der Waals surface area (Å²) in [5.74, 6) is 1.29. The fourth-order valence-electron chi connectivity index (χ4n) is 2.35. The average molecular weight is 356 g/mol. The van der Waals surface area contributed by atoms with E-state index in [1.54, 1.807) is 6.26 Å². The zero-order valence-electron chi connectivity index (χ0n) is 13.1. The second kappa shape index (κ2) is 6.82. The van der Waals surface area contributed by atoms with Gasteiger partial charge in [0.1, 0.15) is 12.4 Å². The van der Waals surface area contributed by atoms with Gasteiger partial charge in [0.05, 0.1) is 12.8 Å². The summed E-state index contributed by atoms with van der Waals surface area (Å²) in [7, 11) is 0. The highest BCUT2D eigenvalue weighted by molar-refractivity contribution is 6.28. The van der Waals surface area contributed by atoms with E-state index in [9.17, 15) is 0 Å². The monoisotopic (exact) mass is 355 g/mol. The second-order valence-electron chi connectivity index (χ2n) is 5.29. The SMILES string of the molecule is Clc1nc(NCc2ccco2)c2nc(OCc3ccccc3)[nH]c2n1. The van der Waals surface area contributed by atoms with Crippen LogP contribution >= 0.6 is 11.6 Å². The van der Waals surface area contributed by atoms with Crippen molar-refractivity contribution in [3.8, 4) is 6.01 Å². The van der Waals surface area contributed by atoms with Gasteiger partial charge in [-0.25, -0.2) is 0 Å². The fourth-order valence-corrected chi connectivity index (χ4v) is 2.52. The first-order valence-corrected chi connectivity index (χ1v) is 8.02. The second-order valence-corrected chi connectivity index (χ2v) is 5.63. The molecule has 7 nitrogen and oxygen atoms in total. The van der Waals surface area contributed by atoms with Gasteiger partial charge in [0.25, 0.3) is 6.01 Å². The number of rotatable bonds is 6. The molecule has 0 unspecified atom stereocenters. The zero-order chi connectivity index (χ0) is 17.1. The van der Waals surface area contributed by atoms with Crippen LogP contribution in [0.1, 0.15) is 11.3 Å². The number of H-pyrrole nitrogens is 1. The molecule has 4 rings (SSSR count). The van der Waals surface area contributed by atoms with E-state index in [4.69, 9.17) is 20.8 Å². The minimum absolute atomic E-state index is 0.118. The van der Waals surface area contributed by atoms with E-state index in [0.717, 1.165) is 11.3 Å². The first-order chi connectivity index (χ1) is 12.3. The number of anilines is 1. The zero-order valence-corrected chi connectivity index (χ0v) is 13.8. The molecule has 3 aromatic heterocycles. The maximum Gasteiger partial charge on any atom is 0.296 e. The van der Waals surface area contributed by atoms with Crippen LogP contribution < -0.4 is 10.1 Å². The van der Waals surface area contributed by atoms with Crippen molar-refractivity contribution in [2.24, 2.45) is 0 Å². The molecule has 0 aliphatic rings. The Kier molecular flexibility index (Phi) is 4.22. The normalized spacial score (nSPS) is 10.9. The van der Waals surface area contributed by atoms with Crippen LogP contribution in [0.25, 0.3) is 11.2 Å². The summed E-state index contributed by atoms with van der Waals surface area (Å²) < 4.78 is 11.0. The quantitative estimate of drug-likeness (QED) is 0.511. The topological polar surface area (TPSA) is 88.9 Å². The number of aromatic nitrogens is 4. The van der Waals surface area contributed by atoms with Gasteiger partial charge < -0.3 is 14.5 Å². The predicted molar refractivity (Wildman–Crippen MR) is 93.5 cm³/mol. The van der Waals surface area contributed by atoms with Gasteiger partial charge in [-0.2, -0.15) is 15.0 Å². The third-order valence-electron chi connectivity index (χ3n) is 3.52. The van der Waals surface area contributed by atoms with E-state index in [-0.39, 0.29) is 5.28 Å². The van der Waals surface area contributed by atoms with Crippen LogP contribution in [0, 0.1) is 0 Å². The van der Waals surface area contributed by atoms with Gasteiger partial charge in [0.2, 0.25) is 5.28 Å². The van der Waals surface area contributed by atoms with E-state index < -0.39 is 0 Å². The van der Waals surface area contributed by atoms with Gasteiger partial charge in [0, 0.05) is 0 Å². The molecule has 4 aromatic rings. The number of benzene rings is 1. The lowest BCUT2D eigenvalue weighted by molar-refractivity contribution is 0.284. The first-order valence-electron chi connectivity index (χ1n) is 7.64. The molecule has 0 atom stereocenters. The maximum atomic E-state index is 5.99. The average Bonchev–Trinajstić information content (AvgIpc) is 3.28. The molecule has 0 fully saturated rings. The van der Waals surface area contributed by atoms with Crippen molar-refractivity contribution in [3.05, 3.63) is 65.3 Å². The maximum absolute atomic E-state index is 5.99. The molecule has 0 spiro atoms. The summed E-state index contributed by atoms with van der Waals surface area (Å²) in [6.45, 7) is 0.861. The van der Waals surface area contributed by atoms with Crippen molar-refractivity contribution in [3.63, 3.8) is 0 Å². The molecule has 0 bridgehead atoms. The molecule has 0 aliphatic carbocycles. The number of nitrogens with one attached hydrogen (secondary N) is 2. The van der Waals surface area contributed by atoms with Crippen LogP contribution in [0.3, 0.4) is 0 Å². The van der Waals surface area contributed by atoms with Crippen molar-refractivity contribution >= 4 is 28.6 Å². The molecule has 0 saturated heterocycles. The molecule has 1 aromatic carbocycles. The van der Waals surface area contributed by atoms with E-state index in [1.807, 2.05) is 42.5 Å². The number of imidazole rings is 1. The Bertz CT molecular complexity index is 970. The molecule has 0 amide bonds. The Hall–Kier alpha value is -3.06. The summed E-state index contributed by atoms with van der Waals surface area (Å²) >= 11 is 5.99. The van der Waals surface area contributed by atoms with Crippen molar-refractivity contribution < 1.29 is 9.15 Å². The van der Waals surface area contributed by atoms with Crippen molar-refractivity contribution in [1.82, 2.24) is 19.9 Å². The highest BCUT2D eigenvalue weighted by Crippen LogP contribution is 2.23. The lowest BCUT2D eigenvalue weighted by Gasteiger charge is -2.04. The lowest BCUT2D eigenvalue weighted by Crippen LogP contribution is -2.02. The number of nitrogens with zero attached hydrogens (tertiary/aromatic N) is 3. The Morgan fingerprint density at radius 2 is 1.96 bits per heavy atom. The van der Waals surface area contributed by atoms with Gasteiger partial charge in [-0.1, -0.05) is 30.3 Å². The fraction of sp³-hybridized carbons (Fsp3) is 0.118. The number of hydrogen-bond acceptors (Lipinski definition) is 6. The first kappa shape index (κ1) is 15.5. The van der Waals surface area contributed by atoms with Gasteiger partial charge in [-0.05, 0) is 29.3 Å². The van der Waals surface area contributed by atoms with Gasteiger partial charge >= 0.3 is 0 Å². The highest BCUT2D eigenvalue weighted by Gasteiger charge is 2.13. The van der Waals surface area contributed by atoms with Crippen LogP contribution in [0.15, 0.2) is 53.1 Å². The minimum Gasteiger partial charge on any atom is -0.467 e. The molecule has 8 heteroatoms. The standard InChI is InChI=1S/C17H14ClN5O2/c18-16-21-14(19-9-12-7-4-8-24-12)13-15(22-16)23-17(20-13)25-10-11-5-2-1-3-6-11/h1-8H,9-10H2,(H2,19,20,21,22,23). The van der Waals surface area contributed by atoms with Gasteiger partial charge in [-0.15, -0.1) is 0 Å². The number of aromatic amines is 1. The number of halogens is 1. The van der Waals surface area contributed by atoms with Crippen molar-refractivity contribution in [2.75, 3.05) is 5.32 Å². The lowest BCUT2D eigenvalue weighted by atomic mass is 10.2. The van der Waals surface area contributed by atoms with Crippen molar-refractivity contribution in [2.45, 2.75) is 13.2 Å². The third-order valence-corrected chi connectivity index (χ3v) is 3.69. The van der Waals surface area contributed by atoms with Crippen LogP contribution in [-0.2, 0) is 13.2 Å². The van der Waals surface area contributed by atoms with E-state index in [0.29, 0.717) is 36.1 Å². The van der Waals surface area contributed by atoms with Crippen molar-refractivity contribution in [1.29, 1.82) is 0 Å². The predicted octanol–water partition coefficient (Wildman–Crippen LogP) is 3.79. The van der Waals surface area contributed by atoms with Gasteiger partial charge in [0.15, 0.2) is 17.0 Å². The summed E-state index contributed by atoms with van der Waals surface area (Å²) in [5, 5.41) is 3.27. The molecule has 25 heavy (non-hydrogen) atoms. The van der Waals surface area contributed by atoms with Crippen LogP contribution in [0.2, 0.25) is 5.28 Å². The van der Waals surface area contributed by atoms with Crippen LogP contribution in [0.4, 0.5) is 5.82 Å². The highest BCUT2D eigenvalue weighted by atomic mass is 35.5. The molecule has 0 saturated carbocycles. The Morgan fingerprint density at radius 3 is 2.76 bits per heavy atom. The molecule has 3 heterocycles. The molecule has 0 radical (unpaired) electrons. The molecule has 126 valence electrons. The Labute approximate surface area is 148 Å². The molecular weight excluding hydrogens is 342 g/mol. The van der Waals surface area contributed by atoms with E-state index >= 15 is 0 Å². The summed E-state index contributed by atoms with van der Waals surface area (Å²) in [6.07, 6.45) is 1.61. The molecule has 0 aliphatic heterocycles. The number of fused-ring (bicyclic) bond motifs is 1. The van der Waals surface area contributed by atoms with Crippen LogP contribution in [0.5, 0.6) is 6.01 Å². The smallest absolute Gasteiger partial charge is 0.296 e. The molecule has 2 N–H and O–H groups in total. The number of furan rings is 1. The summed E-state index contributed by atoms with van der Waals surface area (Å²) in [5.41, 5.74) is 2.10. The largest absolute Gasteiger partial charge is 0.467 e. The third kappa shape index (κ3) is 3.56. The number of ether oxygens (including phenoxy) is 1. The Balaban J connectivity index is 1.55. The molecular formula is C17H14ClN5O2.